The molecular weight excluding hydrogens is 466 g/mol. The molecule has 3 heterocycles. The van der Waals surface area contributed by atoms with Gasteiger partial charge in [0, 0.05) is 21.8 Å². The summed E-state index contributed by atoms with van der Waals surface area (Å²) in [6, 6.07) is 19.1. The van der Waals surface area contributed by atoms with Crippen molar-refractivity contribution in [1.29, 1.82) is 0 Å². The summed E-state index contributed by atoms with van der Waals surface area (Å²) in [5, 5.41) is 4.14. The Bertz CT molecular complexity index is 1350. The summed E-state index contributed by atoms with van der Waals surface area (Å²) in [6.07, 6.45) is 0. The van der Waals surface area contributed by atoms with Crippen molar-refractivity contribution in [2.45, 2.75) is 0 Å². The highest BCUT2D eigenvalue weighted by Crippen LogP contribution is 2.37. The Morgan fingerprint density at radius 3 is 2.69 bits per heavy atom. The van der Waals surface area contributed by atoms with E-state index >= 15 is 0 Å². The third kappa shape index (κ3) is 4.15. The van der Waals surface area contributed by atoms with E-state index in [9.17, 15) is 4.79 Å². The third-order valence-corrected chi connectivity index (χ3v) is 6.89. The molecule has 0 spiro atoms. The first-order valence-electron chi connectivity index (χ1n) is 11.5. The molecule has 0 aromatic heterocycles. The van der Waals surface area contributed by atoms with E-state index < -0.39 is 0 Å². The molecule has 3 aromatic rings. The van der Waals surface area contributed by atoms with Gasteiger partial charge in [0.05, 0.1) is 31.5 Å². The van der Waals surface area contributed by atoms with Crippen LogP contribution in [0.1, 0.15) is 15.9 Å². The summed E-state index contributed by atoms with van der Waals surface area (Å²) < 4.78 is 11.2. The predicted octanol–water partition coefficient (Wildman–Crippen LogP) is 4.31. The number of amides is 1. The molecule has 35 heavy (non-hydrogen) atoms. The second-order valence-corrected chi connectivity index (χ2v) is 9.54. The van der Waals surface area contributed by atoms with Crippen LogP contribution in [0.5, 0.6) is 11.5 Å². The van der Waals surface area contributed by atoms with Crippen LogP contribution in [0.2, 0.25) is 5.02 Å². The lowest BCUT2D eigenvalue weighted by molar-refractivity contribution is -0.946. The van der Waals surface area contributed by atoms with Crippen LogP contribution in [0.15, 0.2) is 65.7 Å². The lowest BCUT2D eigenvalue weighted by Gasteiger charge is -2.42. The largest absolute Gasteiger partial charge is 0.454 e. The maximum atomic E-state index is 13.0. The molecule has 2 N–H and O–H groups in total. The molecule has 0 bridgehead atoms. The first kappa shape index (κ1) is 21.8. The summed E-state index contributed by atoms with van der Waals surface area (Å²) in [6.45, 7) is 3.12. The Kier molecular flexibility index (Phi) is 5.27. The van der Waals surface area contributed by atoms with Crippen molar-refractivity contribution in [3.8, 4) is 11.5 Å². The van der Waals surface area contributed by atoms with Crippen LogP contribution < -0.4 is 20.2 Å². The highest BCUT2D eigenvalue weighted by molar-refractivity contribution is 6.31. The molecule has 8 nitrogen and oxygen atoms in total. The number of anilines is 2. The Morgan fingerprint density at radius 2 is 1.83 bits per heavy atom. The van der Waals surface area contributed by atoms with Crippen molar-refractivity contribution < 1.29 is 18.9 Å². The molecular formula is C26H25ClN5O3+. The number of ether oxygens (including phenoxy) is 2. The minimum Gasteiger partial charge on any atom is -0.454 e. The number of benzene rings is 3. The standard InChI is InChI=1S/C26H24ClN5O3/c1-32(30-26(33)17-6-9-23-24(14-17)35-16-34-23)12-10-31(11-13-32)25-19-4-2-3-5-20(19)28-21-8-7-18(27)15-22(21)29-25/h2-9,14-15H,10-13,16H2,1H3,(H-,28,29,30,33)/p+1. The quantitative estimate of drug-likeness (QED) is 0.523. The molecule has 3 aliphatic rings. The van der Waals surface area contributed by atoms with Gasteiger partial charge in [-0.1, -0.05) is 23.7 Å². The van der Waals surface area contributed by atoms with Crippen LogP contribution in [-0.4, -0.2) is 61.3 Å². The van der Waals surface area contributed by atoms with Crippen LogP contribution in [-0.2, 0) is 0 Å². The van der Waals surface area contributed by atoms with Gasteiger partial charge in [-0.15, -0.1) is 0 Å². The van der Waals surface area contributed by atoms with Crippen LogP contribution in [0.3, 0.4) is 0 Å². The lowest BCUT2D eigenvalue weighted by atomic mass is 10.1. The average Bonchev–Trinajstić information content (AvgIpc) is 3.26. The van der Waals surface area contributed by atoms with Gasteiger partial charge < -0.3 is 19.7 Å². The molecule has 9 heteroatoms. The molecule has 0 radical (unpaired) electrons. The molecule has 0 atom stereocenters. The number of halogens is 1. The molecule has 0 aliphatic carbocycles. The number of amidine groups is 1. The van der Waals surface area contributed by atoms with Crippen LogP contribution in [0, 0.1) is 0 Å². The fraction of sp³-hybridized carbons (Fsp3) is 0.231. The summed E-state index contributed by atoms with van der Waals surface area (Å²) in [5.74, 6) is 2.04. The van der Waals surface area contributed by atoms with E-state index in [2.05, 4.69) is 27.8 Å². The van der Waals surface area contributed by atoms with Crippen LogP contribution in [0.4, 0.5) is 17.1 Å². The van der Waals surface area contributed by atoms with Crippen molar-refractivity contribution in [3.63, 3.8) is 0 Å². The number of para-hydroxylation sites is 1. The lowest BCUT2D eigenvalue weighted by Crippen LogP contribution is -2.65. The summed E-state index contributed by atoms with van der Waals surface area (Å²) >= 11 is 6.27. The normalized spacial score (nSPS) is 17.4. The van der Waals surface area contributed by atoms with E-state index in [-0.39, 0.29) is 12.7 Å². The molecule has 1 saturated heterocycles. The molecule has 0 unspecified atom stereocenters. The number of carbonyl (C=O) groups is 1. The maximum absolute atomic E-state index is 13.0. The molecule has 1 fully saturated rings. The van der Waals surface area contributed by atoms with Gasteiger partial charge in [0.2, 0.25) is 6.79 Å². The Hall–Kier alpha value is -3.75. The van der Waals surface area contributed by atoms with Crippen molar-refractivity contribution in [3.05, 3.63) is 76.8 Å². The number of piperazine rings is 1. The topological polar surface area (TPSA) is 75.2 Å². The number of aliphatic imine (C=N–C) groups is 1. The van der Waals surface area contributed by atoms with E-state index in [1.807, 2.05) is 37.4 Å². The number of quaternary nitrogens is 1. The van der Waals surface area contributed by atoms with E-state index in [4.69, 9.17) is 26.1 Å². The Labute approximate surface area is 208 Å². The second-order valence-electron chi connectivity index (χ2n) is 9.11. The predicted molar refractivity (Wildman–Crippen MR) is 135 cm³/mol. The fourth-order valence-corrected chi connectivity index (χ4v) is 4.79. The fourth-order valence-electron chi connectivity index (χ4n) is 4.63. The molecule has 0 saturated carbocycles. The molecule has 1 amide bonds. The smallest absolute Gasteiger partial charge is 0.296 e. The van der Waals surface area contributed by atoms with Gasteiger partial charge in [-0.05, 0) is 48.5 Å². The monoisotopic (exact) mass is 490 g/mol. The highest BCUT2D eigenvalue weighted by atomic mass is 35.5. The Balaban J connectivity index is 1.22. The SMILES string of the molecule is C[N+]1(NC(=O)c2ccc3c(c2)OCO3)CCN(C2=Nc3cc(Cl)ccc3Nc3ccccc32)CC1. The minimum atomic E-state index is -0.135. The number of fused-ring (bicyclic) bond motifs is 3. The zero-order valence-electron chi connectivity index (χ0n) is 19.3. The summed E-state index contributed by atoms with van der Waals surface area (Å²) in [7, 11) is 2.04. The Morgan fingerprint density at radius 1 is 1.03 bits per heavy atom. The van der Waals surface area contributed by atoms with Gasteiger partial charge in [-0.2, -0.15) is 5.43 Å². The summed E-state index contributed by atoms with van der Waals surface area (Å²) in [5.41, 5.74) is 7.52. The van der Waals surface area contributed by atoms with Gasteiger partial charge in [0.25, 0.3) is 5.91 Å². The summed E-state index contributed by atoms with van der Waals surface area (Å²) in [4.78, 5) is 20.3. The zero-order chi connectivity index (χ0) is 24.0. The zero-order valence-corrected chi connectivity index (χ0v) is 20.0. The third-order valence-electron chi connectivity index (χ3n) is 6.66. The molecule has 6 rings (SSSR count). The van der Waals surface area contributed by atoms with Gasteiger partial charge in [0.15, 0.2) is 11.5 Å². The van der Waals surface area contributed by atoms with E-state index in [1.165, 1.54) is 0 Å². The van der Waals surface area contributed by atoms with Crippen molar-refractivity contribution in [2.24, 2.45) is 4.99 Å². The second kappa shape index (κ2) is 8.48. The van der Waals surface area contributed by atoms with Gasteiger partial charge >= 0.3 is 0 Å². The first-order chi connectivity index (χ1) is 17.0. The van der Waals surface area contributed by atoms with E-state index in [0.29, 0.717) is 26.7 Å². The van der Waals surface area contributed by atoms with Gasteiger partial charge in [0.1, 0.15) is 18.9 Å². The number of rotatable bonds is 2. The first-order valence-corrected chi connectivity index (χ1v) is 11.9. The maximum Gasteiger partial charge on any atom is 0.296 e. The number of hydrogen-bond donors (Lipinski definition) is 2. The minimum absolute atomic E-state index is 0.135. The van der Waals surface area contributed by atoms with E-state index in [1.54, 1.807) is 18.2 Å². The number of hydrogen-bond acceptors (Lipinski definition) is 6. The number of nitrogens with one attached hydrogen (secondary N) is 2. The number of carbonyl (C=O) groups excluding carboxylic acids is 1. The number of likely N-dealkylation sites (N-methyl/N-ethyl adjacent to an activating group) is 1. The highest BCUT2D eigenvalue weighted by Gasteiger charge is 2.34. The van der Waals surface area contributed by atoms with Crippen LogP contribution in [0.25, 0.3) is 0 Å². The molecule has 178 valence electrons. The van der Waals surface area contributed by atoms with Crippen molar-refractivity contribution in [2.75, 3.05) is 45.3 Å². The van der Waals surface area contributed by atoms with Crippen molar-refractivity contribution >= 4 is 40.4 Å². The van der Waals surface area contributed by atoms with E-state index in [0.717, 1.165) is 54.6 Å². The van der Waals surface area contributed by atoms with Crippen LogP contribution >= 0.6 is 11.6 Å². The average molecular weight is 491 g/mol. The molecule has 3 aromatic carbocycles. The van der Waals surface area contributed by atoms with Crippen molar-refractivity contribution in [1.82, 2.24) is 10.3 Å². The van der Waals surface area contributed by atoms with Gasteiger partial charge in [-0.25, -0.2) is 9.58 Å². The molecule has 3 aliphatic heterocycles. The van der Waals surface area contributed by atoms with Gasteiger partial charge in [-0.3, -0.25) is 4.79 Å². The number of nitrogens with zero attached hydrogens (tertiary/aromatic N) is 3.